The van der Waals surface area contributed by atoms with E-state index in [2.05, 4.69) is 4.98 Å². The molecule has 0 aliphatic carbocycles. The molecule has 1 aromatic carbocycles. The number of pyridine rings is 1. The second kappa shape index (κ2) is 5.31. The summed E-state index contributed by atoms with van der Waals surface area (Å²) < 4.78 is 4.99. The Kier molecular flexibility index (Phi) is 3.57. The molecule has 1 N–H and O–H groups in total. The number of benzene rings is 1. The van der Waals surface area contributed by atoms with E-state index in [4.69, 9.17) is 9.84 Å². The molecule has 0 fully saturated rings. The summed E-state index contributed by atoms with van der Waals surface area (Å²) in [7, 11) is 1.56. The average molecular weight is 243 g/mol. The Morgan fingerprint density at radius 2 is 2.11 bits per heavy atom. The summed E-state index contributed by atoms with van der Waals surface area (Å²) >= 11 is 0. The third-order valence-electron chi connectivity index (χ3n) is 2.56. The maximum absolute atomic E-state index is 10.7. The average Bonchev–Trinajstić information content (AvgIpc) is 2.38. The normalized spacial score (nSPS) is 10.1. The van der Waals surface area contributed by atoms with Gasteiger partial charge in [-0.3, -0.25) is 4.79 Å². The van der Waals surface area contributed by atoms with Gasteiger partial charge in [-0.2, -0.15) is 0 Å². The molecule has 0 aliphatic rings. The highest BCUT2D eigenvalue weighted by molar-refractivity contribution is 5.72. The lowest BCUT2D eigenvalue weighted by Crippen LogP contribution is -1.99. The zero-order valence-electron chi connectivity index (χ0n) is 9.96. The molecule has 92 valence electrons. The van der Waals surface area contributed by atoms with Crippen molar-refractivity contribution in [1.82, 2.24) is 4.98 Å². The van der Waals surface area contributed by atoms with Crippen molar-refractivity contribution in [3.05, 3.63) is 48.2 Å². The fraction of sp³-hybridized carbons (Fsp3) is 0.143. The van der Waals surface area contributed by atoms with Gasteiger partial charge in [-0.25, -0.2) is 4.98 Å². The van der Waals surface area contributed by atoms with E-state index in [1.165, 1.54) is 0 Å². The van der Waals surface area contributed by atoms with Gasteiger partial charge in [-0.1, -0.05) is 24.3 Å². The number of hydrogen-bond acceptors (Lipinski definition) is 3. The predicted molar refractivity (Wildman–Crippen MR) is 67.6 cm³/mol. The number of aromatic nitrogens is 1. The monoisotopic (exact) mass is 243 g/mol. The van der Waals surface area contributed by atoms with Gasteiger partial charge < -0.3 is 9.84 Å². The first-order valence-electron chi connectivity index (χ1n) is 5.50. The van der Waals surface area contributed by atoms with Crippen LogP contribution in [0.3, 0.4) is 0 Å². The molecule has 2 rings (SSSR count). The number of nitrogens with zero attached hydrogens (tertiary/aromatic N) is 1. The Morgan fingerprint density at radius 3 is 2.72 bits per heavy atom. The number of carboxylic acid groups (broad SMARTS) is 1. The Labute approximate surface area is 105 Å². The van der Waals surface area contributed by atoms with Crippen LogP contribution < -0.4 is 4.74 Å². The van der Waals surface area contributed by atoms with Gasteiger partial charge in [0.2, 0.25) is 5.88 Å². The number of hydrogen-bond donors (Lipinski definition) is 1. The molecule has 2 aromatic rings. The molecule has 1 aromatic heterocycles. The van der Waals surface area contributed by atoms with Gasteiger partial charge >= 0.3 is 5.97 Å². The summed E-state index contributed by atoms with van der Waals surface area (Å²) in [5.41, 5.74) is 2.66. The number of carboxylic acids is 1. The molecule has 0 bridgehead atoms. The molecule has 0 atom stereocenters. The van der Waals surface area contributed by atoms with Gasteiger partial charge in [0, 0.05) is 17.8 Å². The van der Waals surface area contributed by atoms with Crippen molar-refractivity contribution in [3.8, 4) is 17.0 Å². The minimum absolute atomic E-state index is 0.0252. The molecule has 0 spiro atoms. The van der Waals surface area contributed by atoms with Gasteiger partial charge in [-0.05, 0) is 17.2 Å². The first-order chi connectivity index (χ1) is 8.69. The van der Waals surface area contributed by atoms with E-state index in [1.807, 2.05) is 24.3 Å². The quantitative estimate of drug-likeness (QED) is 0.895. The lowest BCUT2D eigenvalue weighted by Gasteiger charge is -2.04. The van der Waals surface area contributed by atoms with Crippen LogP contribution >= 0.6 is 0 Å². The first kappa shape index (κ1) is 12.1. The van der Waals surface area contributed by atoms with Crippen molar-refractivity contribution < 1.29 is 14.6 Å². The highest BCUT2D eigenvalue weighted by Gasteiger charge is 2.03. The van der Waals surface area contributed by atoms with E-state index >= 15 is 0 Å². The Hall–Kier alpha value is -2.36. The molecule has 0 aliphatic heterocycles. The molecule has 18 heavy (non-hydrogen) atoms. The predicted octanol–water partition coefficient (Wildman–Crippen LogP) is 2.38. The summed E-state index contributed by atoms with van der Waals surface area (Å²) in [5, 5.41) is 8.77. The van der Waals surface area contributed by atoms with Crippen LogP contribution in [-0.4, -0.2) is 23.2 Å². The van der Waals surface area contributed by atoms with Crippen molar-refractivity contribution in [1.29, 1.82) is 0 Å². The zero-order chi connectivity index (χ0) is 13.0. The summed E-state index contributed by atoms with van der Waals surface area (Å²) in [5.74, 6) is -0.277. The lowest BCUT2D eigenvalue weighted by molar-refractivity contribution is -0.136. The second-order valence-corrected chi connectivity index (χ2v) is 3.86. The maximum atomic E-state index is 10.7. The fourth-order valence-corrected chi connectivity index (χ4v) is 1.71. The Bertz CT molecular complexity index is 549. The van der Waals surface area contributed by atoms with Gasteiger partial charge in [0.05, 0.1) is 13.5 Å². The number of rotatable bonds is 4. The van der Waals surface area contributed by atoms with E-state index in [-0.39, 0.29) is 6.42 Å². The van der Waals surface area contributed by atoms with Crippen molar-refractivity contribution in [2.45, 2.75) is 6.42 Å². The number of carbonyl (C=O) groups is 1. The van der Waals surface area contributed by atoms with Crippen LogP contribution in [0, 0.1) is 0 Å². The van der Waals surface area contributed by atoms with Crippen molar-refractivity contribution >= 4 is 5.97 Å². The van der Waals surface area contributed by atoms with Crippen LogP contribution in [-0.2, 0) is 11.2 Å². The molecule has 0 radical (unpaired) electrons. The Balaban J connectivity index is 2.29. The smallest absolute Gasteiger partial charge is 0.307 e. The van der Waals surface area contributed by atoms with Crippen molar-refractivity contribution in [2.24, 2.45) is 0 Å². The van der Waals surface area contributed by atoms with E-state index in [1.54, 1.807) is 25.4 Å². The summed E-state index contributed by atoms with van der Waals surface area (Å²) in [6, 6.07) is 11.1. The largest absolute Gasteiger partial charge is 0.481 e. The molecule has 0 unspecified atom stereocenters. The highest BCUT2D eigenvalue weighted by Crippen LogP contribution is 2.21. The van der Waals surface area contributed by atoms with Crippen LogP contribution in [0.2, 0.25) is 0 Å². The van der Waals surface area contributed by atoms with Crippen molar-refractivity contribution in [3.63, 3.8) is 0 Å². The molecule has 0 saturated carbocycles. The Morgan fingerprint density at radius 1 is 1.28 bits per heavy atom. The molecular weight excluding hydrogens is 230 g/mol. The highest BCUT2D eigenvalue weighted by atomic mass is 16.5. The lowest BCUT2D eigenvalue weighted by atomic mass is 10.0. The SMILES string of the molecule is COc1ccc(-c2cccc(CC(=O)O)c2)cn1. The summed E-state index contributed by atoms with van der Waals surface area (Å²) in [6.07, 6.45) is 1.73. The van der Waals surface area contributed by atoms with Crippen LogP contribution in [0.25, 0.3) is 11.1 Å². The van der Waals surface area contributed by atoms with E-state index < -0.39 is 5.97 Å². The summed E-state index contributed by atoms with van der Waals surface area (Å²) in [4.78, 5) is 14.8. The maximum Gasteiger partial charge on any atom is 0.307 e. The van der Waals surface area contributed by atoms with Gasteiger partial charge in [0.25, 0.3) is 0 Å². The minimum atomic E-state index is -0.833. The number of ether oxygens (including phenoxy) is 1. The van der Waals surface area contributed by atoms with E-state index in [0.29, 0.717) is 5.88 Å². The van der Waals surface area contributed by atoms with Gasteiger partial charge in [-0.15, -0.1) is 0 Å². The van der Waals surface area contributed by atoms with Crippen LogP contribution in [0.1, 0.15) is 5.56 Å². The van der Waals surface area contributed by atoms with E-state index in [9.17, 15) is 4.79 Å². The second-order valence-electron chi connectivity index (χ2n) is 3.86. The summed E-state index contributed by atoms with van der Waals surface area (Å²) in [6.45, 7) is 0. The third kappa shape index (κ3) is 2.85. The van der Waals surface area contributed by atoms with Gasteiger partial charge in [0.15, 0.2) is 0 Å². The number of aliphatic carboxylic acids is 1. The third-order valence-corrected chi connectivity index (χ3v) is 2.56. The van der Waals surface area contributed by atoms with Gasteiger partial charge in [0.1, 0.15) is 0 Å². The standard InChI is InChI=1S/C14H13NO3/c1-18-13-6-5-12(9-15-13)11-4-2-3-10(7-11)8-14(16)17/h2-7,9H,8H2,1H3,(H,16,17). The van der Waals surface area contributed by atoms with Crippen LogP contribution in [0.4, 0.5) is 0 Å². The molecule has 4 heteroatoms. The number of methoxy groups -OCH3 is 1. The first-order valence-corrected chi connectivity index (χ1v) is 5.50. The molecule has 0 amide bonds. The minimum Gasteiger partial charge on any atom is -0.481 e. The van der Waals surface area contributed by atoms with Crippen LogP contribution in [0.5, 0.6) is 5.88 Å². The molecular formula is C14H13NO3. The molecule has 4 nitrogen and oxygen atoms in total. The molecule has 1 heterocycles. The van der Waals surface area contributed by atoms with E-state index in [0.717, 1.165) is 16.7 Å². The topological polar surface area (TPSA) is 59.4 Å². The fourth-order valence-electron chi connectivity index (χ4n) is 1.71. The van der Waals surface area contributed by atoms with Crippen molar-refractivity contribution in [2.75, 3.05) is 7.11 Å². The molecule has 0 saturated heterocycles. The van der Waals surface area contributed by atoms with Crippen LogP contribution in [0.15, 0.2) is 42.6 Å². The zero-order valence-corrected chi connectivity index (χ0v) is 9.96.